The largest absolute Gasteiger partial charge is 0.356 e. The second-order valence-corrected chi connectivity index (χ2v) is 7.08. The zero-order valence-electron chi connectivity index (χ0n) is 16.4. The number of hydrogen-bond acceptors (Lipinski definition) is 4. The molecule has 28 heavy (non-hydrogen) atoms. The van der Waals surface area contributed by atoms with Crippen LogP contribution in [-0.2, 0) is 17.1 Å². The van der Waals surface area contributed by atoms with Crippen molar-refractivity contribution in [2.75, 3.05) is 25.2 Å². The van der Waals surface area contributed by atoms with Crippen LogP contribution in [0.2, 0.25) is 0 Å². The fourth-order valence-electron chi connectivity index (χ4n) is 2.50. The molecular formula is C20H26FN5OS. The van der Waals surface area contributed by atoms with Crippen LogP contribution in [0.4, 0.5) is 10.2 Å². The molecule has 0 bridgehead atoms. The number of carbonyl (C=O) groups excluding carboxylic acids is 1. The number of amides is 1. The van der Waals surface area contributed by atoms with Gasteiger partial charge in [0.1, 0.15) is 11.6 Å². The average molecular weight is 404 g/mol. The standard InChI is InChI=1S/C20H26FN5OS/c1-14-4-7-18(24-11-14)26-19(27)8-9-23-20(22-2)25-12-15-5-6-17(21)10-16(15)13-28-3/h4-7,10-11H,8-9,12-13H2,1-3H3,(H2,22,23,25)(H,24,26,27). The summed E-state index contributed by atoms with van der Waals surface area (Å²) < 4.78 is 13.4. The average Bonchev–Trinajstić information content (AvgIpc) is 2.68. The van der Waals surface area contributed by atoms with E-state index in [1.165, 1.54) is 6.07 Å². The normalized spacial score (nSPS) is 11.2. The molecule has 3 N–H and O–H groups in total. The highest BCUT2D eigenvalue weighted by Crippen LogP contribution is 2.16. The predicted octanol–water partition coefficient (Wildman–Crippen LogP) is 3.09. The smallest absolute Gasteiger partial charge is 0.227 e. The number of aromatic nitrogens is 1. The SMILES string of the molecule is CN=C(NCCC(=O)Nc1ccc(C)cn1)NCc1ccc(F)cc1CSC. The molecule has 0 aliphatic rings. The van der Waals surface area contributed by atoms with E-state index in [0.29, 0.717) is 24.9 Å². The molecule has 1 heterocycles. The number of benzene rings is 1. The van der Waals surface area contributed by atoms with Crippen LogP contribution in [0.3, 0.4) is 0 Å². The molecule has 1 amide bonds. The summed E-state index contributed by atoms with van der Waals surface area (Å²) in [5, 5.41) is 9.06. The number of hydrogen-bond donors (Lipinski definition) is 3. The lowest BCUT2D eigenvalue weighted by Crippen LogP contribution is -2.38. The third-order valence-corrected chi connectivity index (χ3v) is 4.56. The van der Waals surface area contributed by atoms with Gasteiger partial charge in [0, 0.05) is 38.5 Å². The number of aryl methyl sites for hydroxylation is 1. The molecule has 0 saturated carbocycles. The fourth-order valence-corrected chi connectivity index (χ4v) is 3.08. The first-order chi connectivity index (χ1) is 13.5. The summed E-state index contributed by atoms with van der Waals surface area (Å²) in [4.78, 5) is 20.3. The summed E-state index contributed by atoms with van der Waals surface area (Å²) in [6.07, 6.45) is 3.98. The van der Waals surface area contributed by atoms with Crippen molar-refractivity contribution in [1.29, 1.82) is 0 Å². The summed E-state index contributed by atoms with van der Waals surface area (Å²) >= 11 is 1.65. The van der Waals surface area contributed by atoms with Crippen LogP contribution in [0, 0.1) is 12.7 Å². The number of anilines is 1. The Morgan fingerprint density at radius 3 is 2.71 bits per heavy atom. The van der Waals surface area contributed by atoms with E-state index in [2.05, 4.69) is 25.9 Å². The molecule has 2 aromatic rings. The molecule has 150 valence electrons. The van der Waals surface area contributed by atoms with Crippen molar-refractivity contribution < 1.29 is 9.18 Å². The predicted molar refractivity (Wildman–Crippen MR) is 114 cm³/mol. The van der Waals surface area contributed by atoms with E-state index in [1.54, 1.807) is 43.2 Å². The molecule has 0 radical (unpaired) electrons. The second kappa shape index (κ2) is 11.3. The molecule has 0 spiro atoms. The third kappa shape index (κ3) is 7.19. The number of carbonyl (C=O) groups is 1. The van der Waals surface area contributed by atoms with Crippen molar-refractivity contribution >= 4 is 29.4 Å². The Balaban J connectivity index is 1.78. The monoisotopic (exact) mass is 403 g/mol. The molecule has 0 unspecified atom stereocenters. The molecule has 8 heteroatoms. The van der Waals surface area contributed by atoms with Gasteiger partial charge in [0.25, 0.3) is 0 Å². The van der Waals surface area contributed by atoms with E-state index in [1.807, 2.05) is 19.2 Å². The number of aliphatic imine (C=N–C) groups is 1. The minimum absolute atomic E-state index is 0.125. The van der Waals surface area contributed by atoms with Crippen molar-refractivity contribution in [3.8, 4) is 0 Å². The molecule has 1 aromatic heterocycles. The Morgan fingerprint density at radius 2 is 2.04 bits per heavy atom. The molecule has 2 rings (SSSR count). The van der Waals surface area contributed by atoms with Crippen molar-refractivity contribution in [2.24, 2.45) is 4.99 Å². The molecule has 0 atom stereocenters. The summed E-state index contributed by atoms with van der Waals surface area (Å²) in [7, 11) is 1.67. The van der Waals surface area contributed by atoms with Gasteiger partial charge in [0.2, 0.25) is 5.91 Å². The van der Waals surface area contributed by atoms with Gasteiger partial charge >= 0.3 is 0 Å². The molecule has 0 aliphatic heterocycles. The van der Waals surface area contributed by atoms with Crippen LogP contribution in [-0.4, -0.2) is 36.7 Å². The number of guanidine groups is 1. The Kier molecular flexibility index (Phi) is 8.74. The maximum atomic E-state index is 13.4. The van der Waals surface area contributed by atoms with E-state index >= 15 is 0 Å². The van der Waals surface area contributed by atoms with E-state index in [-0.39, 0.29) is 18.1 Å². The van der Waals surface area contributed by atoms with Gasteiger partial charge < -0.3 is 16.0 Å². The Morgan fingerprint density at radius 1 is 1.21 bits per heavy atom. The minimum atomic E-state index is -0.232. The topological polar surface area (TPSA) is 78.4 Å². The van der Waals surface area contributed by atoms with Crippen molar-refractivity contribution in [2.45, 2.75) is 25.6 Å². The zero-order chi connectivity index (χ0) is 20.4. The van der Waals surface area contributed by atoms with E-state index in [0.717, 1.165) is 22.4 Å². The lowest BCUT2D eigenvalue weighted by Gasteiger charge is -2.14. The Hall–Kier alpha value is -2.61. The van der Waals surface area contributed by atoms with Crippen LogP contribution < -0.4 is 16.0 Å². The first kappa shape index (κ1) is 21.7. The highest BCUT2D eigenvalue weighted by Gasteiger charge is 2.07. The van der Waals surface area contributed by atoms with Crippen molar-refractivity contribution in [3.63, 3.8) is 0 Å². The van der Waals surface area contributed by atoms with Gasteiger partial charge in [-0.25, -0.2) is 9.37 Å². The molecule has 0 aliphatic carbocycles. The number of halogens is 1. The Bertz CT molecular complexity index is 811. The second-order valence-electron chi connectivity index (χ2n) is 6.22. The van der Waals surface area contributed by atoms with Gasteiger partial charge in [0.15, 0.2) is 5.96 Å². The summed E-state index contributed by atoms with van der Waals surface area (Å²) in [6, 6.07) is 8.47. The molecule has 0 fully saturated rings. The van der Waals surface area contributed by atoms with E-state index < -0.39 is 0 Å². The van der Waals surface area contributed by atoms with Gasteiger partial charge in [-0.15, -0.1) is 0 Å². The number of nitrogens with one attached hydrogen (secondary N) is 3. The fraction of sp³-hybridized carbons (Fsp3) is 0.350. The quantitative estimate of drug-likeness (QED) is 0.466. The first-order valence-electron chi connectivity index (χ1n) is 8.95. The maximum absolute atomic E-state index is 13.4. The molecule has 1 aromatic carbocycles. The van der Waals surface area contributed by atoms with Crippen LogP contribution in [0.1, 0.15) is 23.1 Å². The van der Waals surface area contributed by atoms with Crippen LogP contribution in [0.5, 0.6) is 0 Å². The van der Waals surface area contributed by atoms with E-state index in [4.69, 9.17) is 0 Å². The Labute approximate surface area is 169 Å². The van der Waals surface area contributed by atoms with Gasteiger partial charge in [-0.05, 0) is 48.1 Å². The van der Waals surface area contributed by atoms with Crippen LogP contribution >= 0.6 is 11.8 Å². The van der Waals surface area contributed by atoms with Gasteiger partial charge in [-0.2, -0.15) is 11.8 Å². The number of nitrogens with zero attached hydrogens (tertiary/aromatic N) is 2. The molecular weight excluding hydrogens is 377 g/mol. The van der Waals surface area contributed by atoms with Gasteiger partial charge in [0.05, 0.1) is 0 Å². The number of thioether (sulfide) groups is 1. The lowest BCUT2D eigenvalue weighted by molar-refractivity contribution is -0.116. The summed E-state index contributed by atoms with van der Waals surface area (Å²) in [6.45, 7) is 2.89. The first-order valence-corrected chi connectivity index (χ1v) is 10.3. The maximum Gasteiger partial charge on any atom is 0.227 e. The highest BCUT2D eigenvalue weighted by molar-refractivity contribution is 7.97. The van der Waals surface area contributed by atoms with Crippen LogP contribution in [0.25, 0.3) is 0 Å². The van der Waals surface area contributed by atoms with Crippen LogP contribution in [0.15, 0.2) is 41.5 Å². The number of pyridine rings is 1. The van der Waals surface area contributed by atoms with Crippen molar-refractivity contribution in [1.82, 2.24) is 15.6 Å². The number of rotatable bonds is 8. The van der Waals surface area contributed by atoms with Gasteiger partial charge in [-0.3, -0.25) is 9.79 Å². The zero-order valence-corrected chi connectivity index (χ0v) is 17.2. The van der Waals surface area contributed by atoms with Crippen molar-refractivity contribution in [3.05, 3.63) is 59.0 Å². The third-order valence-electron chi connectivity index (χ3n) is 3.96. The summed E-state index contributed by atoms with van der Waals surface area (Å²) in [5.41, 5.74) is 3.01. The van der Waals surface area contributed by atoms with E-state index in [9.17, 15) is 9.18 Å². The minimum Gasteiger partial charge on any atom is -0.356 e. The highest BCUT2D eigenvalue weighted by atomic mass is 32.2. The summed E-state index contributed by atoms with van der Waals surface area (Å²) in [5.74, 6) is 1.51. The lowest BCUT2D eigenvalue weighted by atomic mass is 10.1. The molecule has 0 saturated heterocycles. The molecule has 6 nitrogen and oxygen atoms in total. The van der Waals surface area contributed by atoms with Gasteiger partial charge in [-0.1, -0.05) is 12.1 Å².